The number of carbonyl (C=O) groups is 1. The lowest BCUT2D eigenvalue weighted by atomic mass is 10.1. The molecule has 7 nitrogen and oxygen atoms in total. The van der Waals surface area contributed by atoms with Crippen molar-refractivity contribution in [1.29, 1.82) is 5.26 Å². The fourth-order valence-electron chi connectivity index (χ4n) is 3.74. The van der Waals surface area contributed by atoms with Gasteiger partial charge in [-0.1, -0.05) is 18.2 Å². The first kappa shape index (κ1) is 20.6. The number of piperazine rings is 1. The van der Waals surface area contributed by atoms with Crippen molar-refractivity contribution in [3.8, 4) is 11.8 Å². The molecule has 1 fully saturated rings. The molecule has 0 bridgehead atoms. The number of hydrogen-bond acceptors (Lipinski definition) is 6. The summed E-state index contributed by atoms with van der Waals surface area (Å²) >= 11 is 0. The van der Waals surface area contributed by atoms with Crippen molar-refractivity contribution >= 4 is 5.91 Å². The van der Waals surface area contributed by atoms with E-state index in [4.69, 9.17) is 14.4 Å². The summed E-state index contributed by atoms with van der Waals surface area (Å²) in [5.74, 6) is 1.22. The fourth-order valence-corrected chi connectivity index (χ4v) is 3.74. The highest BCUT2D eigenvalue weighted by Gasteiger charge is 2.29. The maximum Gasteiger partial charge on any atom is 0.289 e. The minimum atomic E-state index is -0.117. The van der Waals surface area contributed by atoms with Crippen molar-refractivity contribution in [3.63, 3.8) is 0 Å². The number of carbonyl (C=O) groups excluding carboxylic acids is 1. The number of amides is 1. The van der Waals surface area contributed by atoms with Crippen LogP contribution >= 0.6 is 0 Å². The minimum Gasteiger partial charge on any atom is -0.484 e. The zero-order chi connectivity index (χ0) is 21.6. The van der Waals surface area contributed by atoms with E-state index in [1.807, 2.05) is 36.1 Å². The van der Waals surface area contributed by atoms with Gasteiger partial charge in [0.05, 0.1) is 11.3 Å². The van der Waals surface area contributed by atoms with E-state index in [0.29, 0.717) is 29.4 Å². The van der Waals surface area contributed by atoms with E-state index in [2.05, 4.69) is 16.0 Å². The zero-order valence-electron chi connectivity index (χ0n) is 17.4. The van der Waals surface area contributed by atoms with Crippen molar-refractivity contribution in [1.82, 2.24) is 14.8 Å². The van der Waals surface area contributed by atoms with Gasteiger partial charge < -0.3 is 14.1 Å². The summed E-state index contributed by atoms with van der Waals surface area (Å²) in [6, 6.07) is 18.5. The topological polar surface area (TPSA) is 82.6 Å². The number of para-hydroxylation sites is 1. The van der Waals surface area contributed by atoms with Gasteiger partial charge in [0.15, 0.2) is 5.76 Å². The maximum atomic E-state index is 13.0. The molecule has 7 heteroatoms. The number of nitrogens with zero attached hydrogens (tertiary/aromatic N) is 4. The quantitative estimate of drug-likeness (QED) is 0.612. The molecule has 2 aromatic heterocycles. The molecular weight excluding hydrogens is 392 g/mol. The van der Waals surface area contributed by atoms with E-state index in [0.717, 1.165) is 25.3 Å². The molecule has 1 aliphatic heterocycles. The fraction of sp³-hybridized carbons (Fsp3) is 0.292. The van der Waals surface area contributed by atoms with Gasteiger partial charge in [-0.25, -0.2) is 0 Å². The Balaban J connectivity index is 1.34. The summed E-state index contributed by atoms with van der Waals surface area (Å²) < 4.78 is 11.4. The van der Waals surface area contributed by atoms with Crippen LogP contribution in [0.1, 0.15) is 34.5 Å². The first-order valence-corrected chi connectivity index (χ1v) is 10.3. The molecule has 1 saturated heterocycles. The summed E-state index contributed by atoms with van der Waals surface area (Å²) in [7, 11) is 0. The van der Waals surface area contributed by atoms with Crippen LogP contribution in [0.25, 0.3) is 0 Å². The van der Waals surface area contributed by atoms with Crippen LogP contribution < -0.4 is 4.74 Å². The van der Waals surface area contributed by atoms with E-state index in [9.17, 15) is 4.79 Å². The molecule has 158 valence electrons. The molecule has 31 heavy (non-hydrogen) atoms. The third kappa shape index (κ3) is 4.93. The van der Waals surface area contributed by atoms with Gasteiger partial charge in [-0.2, -0.15) is 5.26 Å². The number of ether oxygens (including phenoxy) is 1. The monoisotopic (exact) mass is 416 g/mol. The summed E-state index contributed by atoms with van der Waals surface area (Å²) in [6.45, 7) is 5.18. The van der Waals surface area contributed by atoms with E-state index in [1.165, 1.54) is 0 Å². The smallest absolute Gasteiger partial charge is 0.289 e. The largest absolute Gasteiger partial charge is 0.484 e. The summed E-state index contributed by atoms with van der Waals surface area (Å²) in [4.78, 5) is 21.5. The molecule has 1 aromatic carbocycles. The molecule has 1 aliphatic rings. The van der Waals surface area contributed by atoms with Crippen LogP contribution in [-0.2, 0) is 13.2 Å². The van der Waals surface area contributed by atoms with Gasteiger partial charge in [-0.3, -0.25) is 14.7 Å². The Morgan fingerprint density at radius 3 is 2.81 bits per heavy atom. The Bertz CT molecular complexity index is 1070. The molecule has 1 atom stereocenters. The molecule has 3 aromatic rings. The van der Waals surface area contributed by atoms with E-state index < -0.39 is 0 Å². The van der Waals surface area contributed by atoms with Crippen LogP contribution in [0.15, 0.2) is 65.2 Å². The Morgan fingerprint density at radius 2 is 2.03 bits per heavy atom. The highest BCUT2D eigenvalue weighted by molar-refractivity contribution is 5.91. The van der Waals surface area contributed by atoms with Crippen molar-refractivity contribution in [3.05, 3.63) is 83.6 Å². The highest BCUT2D eigenvalue weighted by Crippen LogP contribution is 2.21. The Hall–Kier alpha value is -3.63. The van der Waals surface area contributed by atoms with Gasteiger partial charge in [-0.05, 0) is 43.3 Å². The number of aromatic nitrogens is 1. The average Bonchev–Trinajstić information content (AvgIpc) is 3.27. The zero-order valence-corrected chi connectivity index (χ0v) is 17.4. The van der Waals surface area contributed by atoms with Crippen LogP contribution in [0.4, 0.5) is 0 Å². The van der Waals surface area contributed by atoms with Crippen LogP contribution in [0.2, 0.25) is 0 Å². The third-order valence-corrected chi connectivity index (χ3v) is 5.33. The molecule has 0 aliphatic carbocycles. The SMILES string of the molecule is C[C@@H]1CN(Cc2ccccn2)CCN1C(=O)c1ccc(COc2ccccc2C#N)o1. The first-order chi connectivity index (χ1) is 15.1. The summed E-state index contributed by atoms with van der Waals surface area (Å²) in [6.07, 6.45) is 1.80. The van der Waals surface area contributed by atoms with Crippen LogP contribution in [0.5, 0.6) is 5.75 Å². The van der Waals surface area contributed by atoms with Gasteiger partial charge in [0.1, 0.15) is 24.2 Å². The molecule has 0 spiro atoms. The molecule has 0 N–H and O–H groups in total. The van der Waals surface area contributed by atoms with Crippen LogP contribution in [-0.4, -0.2) is 46.4 Å². The summed E-state index contributed by atoms with van der Waals surface area (Å²) in [5.41, 5.74) is 1.49. The average molecular weight is 416 g/mol. The number of benzene rings is 1. The highest BCUT2D eigenvalue weighted by atomic mass is 16.5. The lowest BCUT2D eigenvalue weighted by Gasteiger charge is -2.39. The molecular formula is C24H24N4O3. The number of pyridine rings is 1. The van der Waals surface area contributed by atoms with Crippen molar-refractivity contribution in [2.24, 2.45) is 0 Å². The van der Waals surface area contributed by atoms with Gasteiger partial charge in [0.25, 0.3) is 5.91 Å². The molecule has 1 amide bonds. The van der Waals surface area contributed by atoms with Gasteiger partial charge >= 0.3 is 0 Å². The summed E-state index contributed by atoms with van der Waals surface area (Å²) in [5, 5.41) is 9.15. The van der Waals surface area contributed by atoms with E-state index in [1.54, 1.807) is 36.5 Å². The van der Waals surface area contributed by atoms with Crippen LogP contribution in [0, 0.1) is 11.3 Å². The molecule has 4 rings (SSSR count). The van der Waals surface area contributed by atoms with Crippen LogP contribution in [0.3, 0.4) is 0 Å². The molecule has 0 radical (unpaired) electrons. The number of rotatable bonds is 6. The third-order valence-electron chi connectivity index (χ3n) is 5.33. The Labute approximate surface area is 181 Å². The lowest BCUT2D eigenvalue weighted by molar-refractivity contribution is 0.0441. The molecule has 0 saturated carbocycles. The standard InChI is InChI=1S/C24H24N4O3/c1-18-15-27(16-20-7-4-5-11-26-20)12-13-28(18)24(29)23-10-9-21(31-23)17-30-22-8-3-2-6-19(22)14-25/h2-11,18H,12-13,15-17H2,1H3/t18-/m1/s1. The van der Waals surface area contributed by atoms with Crippen molar-refractivity contribution in [2.45, 2.75) is 26.1 Å². The van der Waals surface area contributed by atoms with Gasteiger partial charge in [-0.15, -0.1) is 0 Å². The Morgan fingerprint density at radius 1 is 1.19 bits per heavy atom. The van der Waals surface area contributed by atoms with E-state index in [-0.39, 0.29) is 18.6 Å². The molecule has 0 unspecified atom stereocenters. The maximum absolute atomic E-state index is 13.0. The second-order valence-corrected chi connectivity index (χ2v) is 7.57. The number of furan rings is 1. The predicted molar refractivity (Wildman–Crippen MR) is 114 cm³/mol. The Kier molecular flexibility index (Phi) is 6.29. The van der Waals surface area contributed by atoms with E-state index >= 15 is 0 Å². The number of nitriles is 1. The van der Waals surface area contributed by atoms with Crippen molar-refractivity contribution in [2.75, 3.05) is 19.6 Å². The van der Waals surface area contributed by atoms with Gasteiger partial charge in [0, 0.05) is 38.4 Å². The second kappa shape index (κ2) is 9.45. The normalized spacial score (nSPS) is 16.6. The lowest BCUT2D eigenvalue weighted by Crippen LogP contribution is -2.53. The number of hydrogen-bond donors (Lipinski definition) is 0. The van der Waals surface area contributed by atoms with Crippen molar-refractivity contribution < 1.29 is 13.9 Å². The minimum absolute atomic E-state index is 0.0669. The second-order valence-electron chi connectivity index (χ2n) is 7.57. The molecule has 3 heterocycles. The first-order valence-electron chi connectivity index (χ1n) is 10.3. The van der Waals surface area contributed by atoms with Gasteiger partial charge in [0.2, 0.25) is 0 Å². The predicted octanol–water partition coefficient (Wildman–Crippen LogP) is 3.47.